The normalized spacial score (nSPS) is 12.3. The van der Waals surface area contributed by atoms with Crippen molar-refractivity contribution in [3.63, 3.8) is 0 Å². The molecule has 0 unspecified atom stereocenters. The van der Waals surface area contributed by atoms with Crippen molar-refractivity contribution in [2.75, 3.05) is 5.73 Å². The Labute approximate surface area is 84.8 Å². The Kier molecular flexibility index (Phi) is 2.93. The highest BCUT2D eigenvalue weighted by Gasteiger charge is 2.33. The Morgan fingerprint density at radius 3 is 2.40 bits per heavy atom. The van der Waals surface area contributed by atoms with Crippen LogP contribution in [0.2, 0.25) is 0 Å². The first kappa shape index (κ1) is 11.4. The molecule has 0 bridgehead atoms. The zero-order valence-corrected chi connectivity index (χ0v) is 7.97. The number of benzene rings is 1. The standard InChI is InChI=1S/C10H10F3NO/c1-6-8(10(11,12)13)4-7(2-3-15)5-9(6)14/h2-5,15H,14H2,1H3/b3-2+. The molecule has 0 aromatic heterocycles. The minimum absolute atomic E-state index is 0.00223. The molecule has 0 atom stereocenters. The fourth-order valence-electron chi connectivity index (χ4n) is 1.24. The van der Waals surface area contributed by atoms with Gasteiger partial charge in [0.1, 0.15) is 0 Å². The summed E-state index contributed by atoms with van der Waals surface area (Å²) in [4.78, 5) is 0. The van der Waals surface area contributed by atoms with E-state index in [4.69, 9.17) is 10.8 Å². The summed E-state index contributed by atoms with van der Waals surface area (Å²) in [6, 6.07) is 2.32. The molecule has 0 amide bonds. The maximum Gasteiger partial charge on any atom is 0.416 e. The highest BCUT2D eigenvalue weighted by Crippen LogP contribution is 2.35. The molecule has 82 valence electrons. The molecule has 2 nitrogen and oxygen atoms in total. The number of hydrogen-bond donors (Lipinski definition) is 2. The van der Waals surface area contributed by atoms with E-state index in [1.807, 2.05) is 0 Å². The second-order valence-electron chi connectivity index (χ2n) is 3.10. The van der Waals surface area contributed by atoms with Gasteiger partial charge in [-0.25, -0.2) is 0 Å². The summed E-state index contributed by atoms with van der Waals surface area (Å²) in [5.74, 6) is 0. The number of aliphatic hydroxyl groups is 1. The summed E-state index contributed by atoms with van der Waals surface area (Å²) in [6.07, 6.45) is -2.62. The number of alkyl halides is 3. The van der Waals surface area contributed by atoms with E-state index in [2.05, 4.69) is 0 Å². The van der Waals surface area contributed by atoms with E-state index in [-0.39, 0.29) is 16.8 Å². The van der Waals surface area contributed by atoms with Gasteiger partial charge in [-0.05, 0) is 36.3 Å². The zero-order chi connectivity index (χ0) is 11.6. The molecule has 1 rings (SSSR count). The van der Waals surface area contributed by atoms with Gasteiger partial charge in [-0.15, -0.1) is 0 Å². The quantitative estimate of drug-likeness (QED) is 0.560. The van der Waals surface area contributed by atoms with E-state index in [1.54, 1.807) is 0 Å². The fraction of sp³-hybridized carbons (Fsp3) is 0.200. The van der Waals surface area contributed by atoms with Gasteiger partial charge in [0.05, 0.1) is 11.8 Å². The summed E-state index contributed by atoms with van der Waals surface area (Å²) in [5, 5.41) is 8.47. The van der Waals surface area contributed by atoms with Crippen LogP contribution >= 0.6 is 0 Å². The Hall–Kier alpha value is -1.65. The van der Waals surface area contributed by atoms with Crippen LogP contribution in [0.3, 0.4) is 0 Å². The molecule has 1 aromatic rings. The Morgan fingerprint density at radius 1 is 1.33 bits per heavy atom. The first-order chi connectivity index (χ1) is 6.86. The SMILES string of the molecule is Cc1c(N)cc(/C=C/O)cc1C(F)(F)F. The van der Waals surface area contributed by atoms with E-state index in [0.717, 1.165) is 12.1 Å². The molecule has 0 saturated carbocycles. The van der Waals surface area contributed by atoms with Gasteiger partial charge in [0.15, 0.2) is 0 Å². The van der Waals surface area contributed by atoms with Gasteiger partial charge in [-0.3, -0.25) is 0 Å². The van der Waals surface area contributed by atoms with Gasteiger partial charge >= 0.3 is 6.18 Å². The van der Waals surface area contributed by atoms with Gasteiger partial charge in [0.2, 0.25) is 0 Å². The van der Waals surface area contributed by atoms with Crippen LogP contribution in [0.25, 0.3) is 6.08 Å². The summed E-state index contributed by atoms with van der Waals surface area (Å²) >= 11 is 0. The van der Waals surface area contributed by atoms with E-state index in [9.17, 15) is 13.2 Å². The van der Waals surface area contributed by atoms with Crippen molar-refractivity contribution in [3.05, 3.63) is 35.1 Å². The lowest BCUT2D eigenvalue weighted by Gasteiger charge is -2.13. The van der Waals surface area contributed by atoms with E-state index < -0.39 is 11.7 Å². The molecule has 3 N–H and O–H groups in total. The Bertz CT molecular complexity index is 396. The summed E-state index contributed by atoms with van der Waals surface area (Å²) in [6.45, 7) is 1.31. The van der Waals surface area contributed by atoms with Crippen molar-refractivity contribution in [1.82, 2.24) is 0 Å². The molecule has 0 radical (unpaired) electrons. The summed E-state index contributed by atoms with van der Waals surface area (Å²) in [7, 11) is 0. The molecule has 0 aliphatic rings. The summed E-state index contributed by atoms with van der Waals surface area (Å²) in [5.41, 5.74) is 4.92. The lowest BCUT2D eigenvalue weighted by molar-refractivity contribution is -0.138. The molecular formula is C10H10F3NO. The average Bonchev–Trinajstić information content (AvgIpc) is 2.09. The highest BCUT2D eigenvalue weighted by molar-refractivity contribution is 5.61. The van der Waals surface area contributed by atoms with Crippen LogP contribution in [0.15, 0.2) is 18.4 Å². The lowest BCUT2D eigenvalue weighted by Crippen LogP contribution is -2.09. The number of nitrogens with two attached hydrogens (primary N) is 1. The molecule has 0 aliphatic heterocycles. The van der Waals surface area contributed by atoms with Crippen molar-refractivity contribution in [2.45, 2.75) is 13.1 Å². The lowest BCUT2D eigenvalue weighted by atomic mass is 10.0. The number of rotatable bonds is 1. The molecular weight excluding hydrogens is 207 g/mol. The van der Waals surface area contributed by atoms with Crippen LogP contribution in [0.4, 0.5) is 18.9 Å². The summed E-state index contributed by atoms with van der Waals surface area (Å²) < 4.78 is 37.5. The smallest absolute Gasteiger partial charge is 0.416 e. The van der Waals surface area contributed by atoms with E-state index in [0.29, 0.717) is 6.26 Å². The maximum atomic E-state index is 12.5. The fourth-order valence-corrected chi connectivity index (χ4v) is 1.24. The molecule has 0 spiro atoms. The number of hydrogen-bond acceptors (Lipinski definition) is 2. The number of aliphatic hydroxyl groups excluding tert-OH is 1. The average molecular weight is 217 g/mol. The van der Waals surface area contributed by atoms with Gasteiger partial charge in [-0.2, -0.15) is 13.2 Å². The van der Waals surface area contributed by atoms with Gasteiger partial charge in [-0.1, -0.05) is 0 Å². The van der Waals surface area contributed by atoms with Crippen molar-refractivity contribution >= 4 is 11.8 Å². The largest absolute Gasteiger partial charge is 0.516 e. The monoisotopic (exact) mass is 217 g/mol. The maximum absolute atomic E-state index is 12.5. The van der Waals surface area contributed by atoms with Crippen molar-refractivity contribution in [1.29, 1.82) is 0 Å². The van der Waals surface area contributed by atoms with Crippen LogP contribution in [0.5, 0.6) is 0 Å². The van der Waals surface area contributed by atoms with Crippen LogP contribution < -0.4 is 5.73 Å². The van der Waals surface area contributed by atoms with Crippen LogP contribution in [-0.2, 0) is 6.18 Å². The Balaban J connectivity index is 3.38. The van der Waals surface area contributed by atoms with Crippen LogP contribution in [0.1, 0.15) is 16.7 Å². The second-order valence-corrected chi connectivity index (χ2v) is 3.10. The molecule has 5 heteroatoms. The third-order valence-corrected chi connectivity index (χ3v) is 2.04. The second kappa shape index (κ2) is 3.84. The predicted octanol–water partition coefficient (Wildman–Crippen LogP) is 3.12. The van der Waals surface area contributed by atoms with E-state index in [1.165, 1.54) is 13.0 Å². The number of nitrogen functional groups attached to an aromatic ring is 1. The van der Waals surface area contributed by atoms with Crippen molar-refractivity contribution in [3.8, 4) is 0 Å². The van der Waals surface area contributed by atoms with Crippen LogP contribution in [0, 0.1) is 6.92 Å². The minimum Gasteiger partial charge on any atom is -0.516 e. The first-order valence-electron chi connectivity index (χ1n) is 4.14. The Morgan fingerprint density at radius 2 is 1.93 bits per heavy atom. The van der Waals surface area contributed by atoms with Gasteiger partial charge < -0.3 is 10.8 Å². The van der Waals surface area contributed by atoms with E-state index >= 15 is 0 Å². The zero-order valence-electron chi connectivity index (χ0n) is 7.97. The molecule has 0 fully saturated rings. The van der Waals surface area contributed by atoms with Crippen molar-refractivity contribution < 1.29 is 18.3 Å². The number of anilines is 1. The third-order valence-electron chi connectivity index (χ3n) is 2.04. The highest BCUT2D eigenvalue weighted by atomic mass is 19.4. The molecule has 0 heterocycles. The van der Waals surface area contributed by atoms with Gasteiger partial charge in [0, 0.05) is 5.69 Å². The third kappa shape index (κ3) is 2.43. The van der Waals surface area contributed by atoms with Gasteiger partial charge in [0.25, 0.3) is 0 Å². The van der Waals surface area contributed by atoms with Crippen LogP contribution in [-0.4, -0.2) is 5.11 Å². The topological polar surface area (TPSA) is 46.2 Å². The molecule has 1 aromatic carbocycles. The number of halogens is 3. The van der Waals surface area contributed by atoms with Crippen molar-refractivity contribution in [2.24, 2.45) is 0 Å². The minimum atomic E-state index is -4.43. The molecule has 15 heavy (non-hydrogen) atoms. The predicted molar refractivity (Wildman–Crippen MR) is 52.3 cm³/mol. The molecule has 0 saturated heterocycles. The molecule has 0 aliphatic carbocycles. The first-order valence-corrected chi connectivity index (χ1v) is 4.14.